The van der Waals surface area contributed by atoms with E-state index >= 15 is 0 Å². The van der Waals surface area contributed by atoms with E-state index in [1.54, 1.807) is 24.5 Å². The summed E-state index contributed by atoms with van der Waals surface area (Å²) in [5.41, 5.74) is 1.48. The van der Waals surface area contributed by atoms with Crippen molar-refractivity contribution in [2.45, 2.75) is 18.9 Å². The fourth-order valence-corrected chi connectivity index (χ4v) is 3.91. The summed E-state index contributed by atoms with van der Waals surface area (Å²) in [6, 6.07) is 13.6. The lowest BCUT2D eigenvalue weighted by atomic mass is 10.0. The van der Waals surface area contributed by atoms with Crippen molar-refractivity contribution >= 4 is 17.2 Å². The highest BCUT2D eigenvalue weighted by molar-refractivity contribution is 7.13. The van der Waals surface area contributed by atoms with E-state index in [0.29, 0.717) is 11.5 Å². The number of carbonyl (C=O) groups is 1. The van der Waals surface area contributed by atoms with E-state index in [1.807, 2.05) is 46.7 Å². The van der Waals surface area contributed by atoms with Crippen molar-refractivity contribution in [1.82, 2.24) is 10.1 Å². The summed E-state index contributed by atoms with van der Waals surface area (Å²) in [6.07, 6.45) is 1.94. The highest BCUT2D eigenvalue weighted by Gasteiger charge is 2.32. The lowest BCUT2D eigenvalue weighted by molar-refractivity contribution is 0.0725. The normalized spacial score (nSPS) is 17.0. The second-order valence-electron chi connectivity index (χ2n) is 5.98. The molecule has 1 saturated heterocycles. The number of carbonyl (C=O) groups excluding carboxylic acids is 1. The topological polar surface area (TPSA) is 55.6 Å². The van der Waals surface area contributed by atoms with Gasteiger partial charge in [-0.15, -0.1) is 11.3 Å². The fourth-order valence-electron chi connectivity index (χ4n) is 3.24. The van der Waals surface area contributed by atoms with Crippen molar-refractivity contribution in [3.05, 3.63) is 59.1 Å². The van der Waals surface area contributed by atoms with Crippen LogP contribution in [0.1, 0.15) is 34.9 Å². The highest BCUT2D eigenvalue weighted by atomic mass is 32.1. The maximum Gasteiger partial charge on any atom is 0.276 e. The molecule has 1 atom stereocenters. The summed E-state index contributed by atoms with van der Waals surface area (Å²) in [5.74, 6) is 1.38. The minimum absolute atomic E-state index is 0.0697. The van der Waals surface area contributed by atoms with Gasteiger partial charge in [-0.1, -0.05) is 23.4 Å². The van der Waals surface area contributed by atoms with Crippen LogP contribution in [0.5, 0.6) is 5.75 Å². The third-order valence-electron chi connectivity index (χ3n) is 4.51. The number of ether oxygens (including phenoxy) is 1. The average Bonchev–Trinajstić information content (AvgIpc) is 3.42. The van der Waals surface area contributed by atoms with E-state index in [2.05, 4.69) is 5.16 Å². The molecule has 3 aromatic rings. The molecular weight excluding hydrogens is 336 g/mol. The largest absolute Gasteiger partial charge is 0.497 e. The standard InChI is InChI=1S/C19H18N2O3S/c1-23-14-8-6-13(7-9-14)16-4-2-10-21(16)19(22)15-12-17(24-20-15)18-5-3-11-25-18/h3,5-9,11-12,16H,2,4,10H2,1H3/t16-/m1/s1. The first-order chi connectivity index (χ1) is 12.3. The maximum atomic E-state index is 12.9. The molecule has 128 valence electrons. The number of rotatable bonds is 4. The van der Waals surface area contributed by atoms with Crippen LogP contribution in [0, 0.1) is 0 Å². The van der Waals surface area contributed by atoms with Crippen LogP contribution >= 0.6 is 11.3 Å². The number of thiophene rings is 1. The van der Waals surface area contributed by atoms with Crippen molar-refractivity contribution in [1.29, 1.82) is 0 Å². The second kappa shape index (κ2) is 6.72. The van der Waals surface area contributed by atoms with Gasteiger partial charge < -0.3 is 14.2 Å². The van der Waals surface area contributed by atoms with Crippen LogP contribution in [0.25, 0.3) is 10.6 Å². The molecule has 0 N–H and O–H groups in total. The Hall–Kier alpha value is -2.60. The Morgan fingerprint density at radius 3 is 2.88 bits per heavy atom. The van der Waals surface area contributed by atoms with Gasteiger partial charge >= 0.3 is 0 Å². The summed E-state index contributed by atoms with van der Waals surface area (Å²) in [7, 11) is 1.65. The fraction of sp³-hybridized carbons (Fsp3) is 0.263. The molecule has 1 aliphatic heterocycles. The Bertz CT molecular complexity index is 855. The molecule has 25 heavy (non-hydrogen) atoms. The quantitative estimate of drug-likeness (QED) is 0.697. The molecule has 1 aromatic carbocycles. The van der Waals surface area contributed by atoms with E-state index < -0.39 is 0 Å². The van der Waals surface area contributed by atoms with Gasteiger partial charge in [-0.25, -0.2) is 0 Å². The van der Waals surface area contributed by atoms with Crippen molar-refractivity contribution in [3.63, 3.8) is 0 Å². The average molecular weight is 354 g/mol. The summed E-state index contributed by atoms with van der Waals surface area (Å²) in [4.78, 5) is 15.8. The van der Waals surface area contributed by atoms with Gasteiger partial charge in [-0.2, -0.15) is 0 Å². The first-order valence-corrected chi connectivity index (χ1v) is 9.10. The third-order valence-corrected chi connectivity index (χ3v) is 5.39. The van der Waals surface area contributed by atoms with E-state index in [0.717, 1.165) is 35.6 Å². The number of nitrogens with zero attached hydrogens (tertiary/aromatic N) is 2. The van der Waals surface area contributed by atoms with Gasteiger partial charge in [0, 0.05) is 12.6 Å². The Morgan fingerprint density at radius 1 is 1.32 bits per heavy atom. The summed E-state index contributed by atoms with van der Waals surface area (Å²) < 4.78 is 10.6. The SMILES string of the molecule is COc1ccc([C@H]2CCCN2C(=O)c2cc(-c3cccs3)on2)cc1. The molecular formula is C19H18N2O3S. The first kappa shape index (κ1) is 15.9. The zero-order chi connectivity index (χ0) is 17.2. The predicted octanol–water partition coefficient (Wildman–Crippen LogP) is 4.39. The minimum atomic E-state index is -0.0788. The number of aromatic nitrogens is 1. The summed E-state index contributed by atoms with van der Waals surface area (Å²) >= 11 is 1.56. The molecule has 0 spiro atoms. The zero-order valence-electron chi connectivity index (χ0n) is 13.8. The van der Waals surface area contributed by atoms with Gasteiger partial charge in [0.2, 0.25) is 0 Å². The van der Waals surface area contributed by atoms with Crippen LogP contribution in [-0.2, 0) is 0 Å². The first-order valence-electron chi connectivity index (χ1n) is 8.22. The van der Waals surface area contributed by atoms with Crippen LogP contribution in [0.2, 0.25) is 0 Å². The number of methoxy groups -OCH3 is 1. The Morgan fingerprint density at radius 2 is 2.16 bits per heavy atom. The van der Waals surface area contributed by atoms with Crippen molar-refractivity contribution in [2.24, 2.45) is 0 Å². The van der Waals surface area contributed by atoms with Crippen molar-refractivity contribution in [3.8, 4) is 16.4 Å². The Balaban J connectivity index is 1.56. The van der Waals surface area contributed by atoms with Crippen molar-refractivity contribution in [2.75, 3.05) is 13.7 Å². The van der Waals surface area contributed by atoms with E-state index in [1.165, 1.54) is 0 Å². The number of benzene rings is 1. The van der Waals surface area contributed by atoms with Crippen molar-refractivity contribution < 1.29 is 14.1 Å². The lowest BCUT2D eigenvalue weighted by Gasteiger charge is -2.24. The molecule has 5 nitrogen and oxygen atoms in total. The highest BCUT2D eigenvalue weighted by Crippen LogP contribution is 2.34. The van der Waals surface area contributed by atoms with Crippen LogP contribution in [0.3, 0.4) is 0 Å². The molecule has 1 fully saturated rings. The lowest BCUT2D eigenvalue weighted by Crippen LogP contribution is -2.30. The van der Waals surface area contributed by atoms with Gasteiger partial charge in [0.15, 0.2) is 11.5 Å². The molecule has 3 heterocycles. The molecule has 1 amide bonds. The number of likely N-dealkylation sites (tertiary alicyclic amines) is 1. The molecule has 1 aliphatic rings. The van der Waals surface area contributed by atoms with Crippen LogP contribution in [-0.4, -0.2) is 29.6 Å². The number of hydrogen-bond donors (Lipinski definition) is 0. The Labute approximate surface area is 149 Å². The molecule has 2 aromatic heterocycles. The molecule has 0 aliphatic carbocycles. The molecule has 0 unspecified atom stereocenters. The maximum absolute atomic E-state index is 12.9. The van der Waals surface area contributed by atoms with E-state index in [9.17, 15) is 4.79 Å². The van der Waals surface area contributed by atoms with E-state index in [-0.39, 0.29) is 11.9 Å². The number of hydrogen-bond acceptors (Lipinski definition) is 5. The summed E-state index contributed by atoms with van der Waals surface area (Å²) in [6.45, 7) is 0.733. The molecule has 0 radical (unpaired) electrons. The third kappa shape index (κ3) is 3.05. The van der Waals surface area contributed by atoms with Gasteiger partial charge in [-0.05, 0) is 42.0 Å². The van der Waals surface area contributed by atoms with Crippen LogP contribution < -0.4 is 4.74 Å². The second-order valence-corrected chi connectivity index (χ2v) is 6.93. The molecule has 0 saturated carbocycles. The number of amides is 1. The van der Waals surface area contributed by atoms with Crippen LogP contribution in [0.15, 0.2) is 52.4 Å². The van der Waals surface area contributed by atoms with Gasteiger partial charge in [0.25, 0.3) is 5.91 Å². The smallest absolute Gasteiger partial charge is 0.276 e. The Kier molecular flexibility index (Phi) is 4.28. The van der Waals surface area contributed by atoms with E-state index in [4.69, 9.17) is 9.26 Å². The van der Waals surface area contributed by atoms with Gasteiger partial charge in [-0.3, -0.25) is 4.79 Å². The zero-order valence-corrected chi connectivity index (χ0v) is 14.7. The minimum Gasteiger partial charge on any atom is -0.497 e. The molecule has 0 bridgehead atoms. The van der Waals surface area contributed by atoms with Gasteiger partial charge in [0.1, 0.15) is 5.75 Å². The molecule has 4 rings (SSSR count). The summed E-state index contributed by atoms with van der Waals surface area (Å²) in [5, 5.41) is 5.96. The van der Waals surface area contributed by atoms with Gasteiger partial charge in [0.05, 0.1) is 18.0 Å². The van der Waals surface area contributed by atoms with Crippen LogP contribution in [0.4, 0.5) is 0 Å². The predicted molar refractivity (Wildman–Crippen MR) is 95.8 cm³/mol. The molecule has 6 heteroatoms. The monoisotopic (exact) mass is 354 g/mol.